The first kappa shape index (κ1) is 21.1. The summed E-state index contributed by atoms with van der Waals surface area (Å²) in [4.78, 5) is 16.8. The van der Waals surface area contributed by atoms with E-state index in [1.807, 2.05) is 36.4 Å². The van der Waals surface area contributed by atoms with Crippen LogP contribution < -0.4 is 5.32 Å². The Morgan fingerprint density at radius 3 is 2.36 bits per heavy atom. The summed E-state index contributed by atoms with van der Waals surface area (Å²) in [6, 6.07) is 23.6. The van der Waals surface area contributed by atoms with Crippen molar-refractivity contribution >= 4 is 52.0 Å². The molecule has 0 saturated heterocycles. The zero-order chi connectivity index (χ0) is 22.8. The number of anilines is 1. The van der Waals surface area contributed by atoms with Gasteiger partial charge in [-0.05, 0) is 72.8 Å². The summed E-state index contributed by atoms with van der Waals surface area (Å²) < 4.78 is 11.5. The summed E-state index contributed by atoms with van der Waals surface area (Å²) in [6.07, 6.45) is 3.00. The van der Waals surface area contributed by atoms with Crippen LogP contribution >= 0.6 is 23.2 Å². The fourth-order valence-corrected chi connectivity index (χ4v) is 3.85. The number of carbonyl (C=O) groups excluding carboxylic acids is 1. The van der Waals surface area contributed by atoms with Gasteiger partial charge in [-0.1, -0.05) is 35.3 Å². The third-order valence-electron chi connectivity index (χ3n) is 4.87. The molecule has 2 heterocycles. The van der Waals surface area contributed by atoms with Gasteiger partial charge in [0.15, 0.2) is 5.58 Å². The first-order chi connectivity index (χ1) is 16.0. The predicted octanol–water partition coefficient (Wildman–Crippen LogP) is 7.71. The number of aromatic nitrogens is 1. The molecule has 0 aliphatic carbocycles. The minimum atomic E-state index is -0.284. The van der Waals surface area contributed by atoms with Crippen molar-refractivity contribution in [1.29, 1.82) is 0 Å². The third-order valence-corrected chi connectivity index (χ3v) is 5.30. The monoisotopic (exact) mass is 474 g/mol. The van der Waals surface area contributed by atoms with Gasteiger partial charge in [-0.2, -0.15) is 0 Å². The van der Waals surface area contributed by atoms with Crippen molar-refractivity contribution in [2.45, 2.75) is 0 Å². The molecule has 7 heteroatoms. The Kier molecular flexibility index (Phi) is 5.73. The maximum Gasteiger partial charge on any atom is 0.248 e. The molecule has 5 aromatic rings. The molecule has 33 heavy (non-hydrogen) atoms. The van der Waals surface area contributed by atoms with Crippen LogP contribution in [0.15, 0.2) is 93.8 Å². The first-order valence-electron chi connectivity index (χ1n) is 10.0. The van der Waals surface area contributed by atoms with Crippen LogP contribution in [0.1, 0.15) is 5.76 Å². The van der Waals surface area contributed by atoms with Crippen molar-refractivity contribution in [3.63, 3.8) is 0 Å². The Morgan fingerprint density at radius 2 is 1.61 bits per heavy atom. The largest absolute Gasteiger partial charge is 0.457 e. The molecule has 1 N–H and O–H groups in total. The summed E-state index contributed by atoms with van der Waals surface area (Å²) in [5.74, 6) is 1.38. The van der Waals surface area contributed by atoms with E-state index in [1.165, 1.54) is 6.08 Å². The Balaban J connectivity index is 1.24. The molecule has 0 atom stereocenters. The van der Waals surface area contributed by atoms with E-state index in [2.05, 4.69) is 10.3 Å². The van der Waals surface area contributed by atoms with Gasteiger partial charge < -0.3 is 14.2 Å². The lowest BCUT2D eigenvalue weighted by Gasteiger charge is -2.02. The number of oxazole rings is 1. The van der Waals surface area contributed by atoms with Crippen molar-refractivity contribution in [2.24, 2.45) is 0 Å². The number of amides is 1. The molecule has 0 bridgehead atoms. The summed E-state index contributed by atoms with van der Waals surface area (Å²) in [5, 5.41) is 3.86. The van der Waals surface area contributed by atoms with E-state index in [4.69, 9.17) is 32.0 Å². The molecule has 0 fully saturated rings. The predicted molar refractivity (Wildman–Crippen MR) is 131 cm³/mol. The number of nitrogens with one attached hydrogen (secondary N) is 1. The number of benzene rings is 3. The maximum absolute atomic E-state index is 12.3. The van der Waals surface area contributed by atoms with Crippen LogP contribution in [-0.4, -0.2) is 10.9 Å². The van der Waals surface area contributed by atoms with Crippen LogP contribution in [0, 0.1) is 0 Å². The molecular formula is C26H16Cl2N2O3. The van der Waals surface area contributed by atoms with Crippen LogP contribution in [0.5, 0.6) is 0 Å². The van der Waals surface area contributed by atoms with Gasteiger partial charge in [0.25, 0.3) is 0 Å². The van der Waals surface area contributed by atoms with E-state index >= 15 is 0 Å². The average Bonchev–Trinajstić information content (AvgIpc) is 3.45. The second kappa shape index (κ2) is 8.98. The highest BCUT2D eigenvalue weighted by molar-refractivity contribution is 6.35. The van der Waals surface area contributed by atoms with Gasteiger partial charge in [0, 0.05) is 32.9 Å². The lowest BCUT2D eigenvalue weighted by atomic mass is 10.2. The number of furan rings is 1. The molecule has 162 valence electrons. The fourth-order valence-electron chi connectivity index (χ4n) is 3.33. The second-order valence-electron chi connectivity index (χ2n) is 7.25. The molecule has 2 aromatic heterocycles. The molecule has 0 saturated carbocycles. The molecule has 3 aromatic carbocycles. The van der Waals surface area contributed by atoms with Gasteiger partial charge in [-0.25, -0.2) is 4.98 Å². The molecule has 0 radical (unpaired) electrons. The Labute approximate surface area is 199 Å². The van der Waals surface area contributed by atoms with Crippen LogP contribution in [0.4, 0.5) is 5.69 Å². The molecule has 0 aliphatic rings. The highest BCUT2D eigenvalue weighted by Gasteiger charge is 2.09. The number of hydrogen-bond donors (Lipinski definition) is 1. The smallest absolute Gasteiger partial charge is 0.248 e. The van der Waals surface area contributed by atoms with Crippen LogP contribution in [0.3, 0.4) is 0 Å². The van der Waals surface area contributed by atoms with Crippen molar-refractivity contribution in [1.82, 2.24) is 4.98 Å². The lowest BCUT2D eigenvalue weighted by Crippen LogP contribution is -2.07. The number of fused-ring (bicyclic) bond motifs is 1. The van der Waals surface area contributed by atoms with Gasteiger partial charge in [0.05, 0.1) is 0 Å². The number of nitrogens with zero attached hydrogens (tertiary/aromatic N) is 1. The SMILES string of the molecule is O=C(/C=C/c1ccc(-c2cc(Cl)cc(Cl)c2)o1)Nc1ccc(-c2nc3ccccc3o2)cc1. The van der Waals surface area contributed by atoms with Crippen molar-refractivity contribution in [3.05, 3.63) is 101 Å². The van der Waals surface area contributed by atoms with E-state index < -0.39 is 0 Å². The fraction of sp³-hybridized carbons (Fsp3) is 0. The van der Waals surface area contributed by atoms with Crippen molar-refractivity contribution in [3.8, 4) is 22.8 Å². The summed E-state index contributed by atoms with van der Waals surface area (Å²) in [6.45, 7) is 0. The zero-order valence-electron chi connectivity index (χ0n) is 17.1. The highest BCUT2D eigenvalue weighted by atomic mass is 35.5. The number of rotatable bonds is 5. The van der Waals surface area contributed by atoms with Crippen LogP contribution in [-0.2, 0) is 4.79 Å². The first-order valence-corrected chi connectivity index (χ1v) is 10.8. The van der Waals surface area contributed by atoms with Gasteiger partial charge in [-0.15, -0.1) is 0 Å². The minimum Gasteiger partial charge on any atom is -0.457 e. The Hall–Kier alpha value is -3.80. The number of carbonyl (C=O) groups is 1. The molecule has 1 amide bonds. The molecule has 5 rings (SSSR count). The molecule has 0 spiro atoms. The Bertz CT molecular complexity index is 1430. The van der Waals surface area contributed by atoms with E-state index in [-0.39, 0.29) is 5.91 Å². The van der Waals surface area contributed by atoms with E-state index in [0.29, 0.717) is 33.1 Å². The minimum absolute atomic E-state index is 0.284. The molecular weight excluding hydrogens is 459 g/mol. The number of halogens is 2. The van der Waals surface area contributed by atoms with Crippen LogP contribution in [0.2, 0.25) is 10.0 Å². The van der Waals surface area contributed by atoms with Gasteiger partial charge in [0.1, 0.15) is 17.0 Å². The summed E-state index contributed by atoms with van der Waals surface area (Å²) in [5.41, 5.74) is 3.77. The van der Waals surface area contributed by atoms with Crippen LogP contribution in [0.25, 0.3) is 40.0 Å². The molecule has 5 nitrogen and oxygen atoms in total. The number of para-hydroxylation sites is 2. The quantitative estimate of drug-likeness (QED) is 0.264. The summed E-state index contributed by atoms with van der Waals surface area (Å²) in [7, 11) is 0. The van der Waals surface area contributed by atoms with Gasteiger partial charge in [-0.3, -0.25) is 4.79 Å². The number of hydrogen-bond acceptors (Lipinski definition) is 4. The van der Waals surface area contributed by atoms with Gasteiger partial charge >= 0.3 is 0 Å². The van der Waals surface area contributed by atoms with E-state index in [1.54, 1.807) is 48.5 Å². The molecule has 0 aliphatic heterocycles. The Morgan fingerprint density at radius 1 is 0.848 bits per heavy atom. The van der Waals surface area contributed by atoms with Gasteiger partial charge in [0.2, 0.25) is 11.8 Å². The molecule has 0 unspecified atom stereocenters. The summed E-state index contributed by atoms with van der Waals surface area (Å²) >= 11 is 12.1. The topological polar surface area (TPSA) is 68.3 Å². The standard InChI is InChI=1S/C26H16Cl2N2O3/c27-18-13-17(14-19(28)15-18)23-11-9-21(32-23)10-12-25(31)29-20-7-5-16(6-8-20)26-30-22-3-1-2-4-24(22)33-26/h1-15H,(H,29,31)/b12-10+. The zero-order valence-corrected chi connectivity index (χ0v) is 18.6. The average molecular weight is 475 g/mol. The van der Waals surface area contributed by atoms with E-state index in [0.717, 1.165) is 22.2 Å². The van der Waals surface area contributed by atoms with E-state index in [9.17, 15) is 4.79 Å². The van der Waals surface area contributed by atoms with Crippen molar-refractivity contribution < 1.29 is 13.6 Å². The normalized spacial score (nSPS) is 11.3. The highest BCUT2D eigenvalue weighted by Crippen LogP contribution is 2.29. The lowest BCUT2D eigenvalue weighted by molar-refractivity contribution is -0.111. The van der Waals surface area contributed by atoms with Crippen molar-refractivity contribution in [2.75, 3.05) is 5.32 Å². The third kappa shape index (κ3) is 4.85. The second-order valence-corrected chi connectivity index (χ2v) is 8.12. The maximum atomic E-state index is 12.3.